The highest BCUT2D eigenvalue weighted by atomic mass is 16.5. The summed E-state index contributed by atoms with van der Waals surface area (Å²) >= 11 is 0. The maximum atomic E-state index is 13.3. The van der Waals surface area contributed by atoms with Gasteiger partial charge < -0.3 is 14.3 Å². The van der Waals surface area contributed by atoms with E-state index in [1.165, 1.54) is 0 Å². The molecule has 4 rings (SSSR count). The first-order valence-electron chi connectivity index (χ1n) is 11.0. The Morgan fingerprint density at radius 1 is 1.22 bits per heavy atom. The van der Waals surface area contributed by atoms with Crippen molar-refractivity contribution in [3.8, 4) is 11.1 Å². The molecule has 0 unspecified atom stereocenters. The van der Waals surface area contributed by atoms with Gasteiger partial charge >= 0.3 is 0 Å². The minimum Gasteiger partial charge on any atom is -0.361 e. The summed E-state index contributed by atoms with van der Waals surface area (Å²) in [6.07, 6.45) is 8.41. The van der Waals surface area contributed by atoms with E-state index >= 15 is 0 Å². The van der Waals surface area contributed by atoms with Crippen LogP contribution in [0, 0.1) is 20.8 Å². The SMILES string of the molecule is Cc1cnccc1-c1cnc(N(C)C)nc1[C@@H]1CCCN1C(=O)CCc1c(C)noc1C. The number of aryl methyl sites for hydroxylation is 3. The topological polar surface area (TPSA) is 88.3 Å². The third-order valence-electron chi connectivity index (χ3n) is 6.17. The van der Waals surface area contributed by atoms with Gasteiger partial charge in [-0.2, -0.15) is 0 Å². The summed E-state index contributed by atoms with van der Waals surface area (Å²) in [6.45, 7) is 6.59. The number of amides is 1. The Hall–Kier alpha value is -3.29. The molecule has 0 bridgehead atoms. The lowest BCUT2D eigenvalue weighted by molar-refractivity contribution is -0.132. The van der Waals surface area contributed by atoms with Crippen LogP contribution in [0.2, 0.25) is 0 Å². The molecule has 1 saturated heterocycles. The number of rotatable bonds is 6. The van der Waals surface area contributed by atoms with Gasteiger partial charge in [0.15, 0.2) is 0 Å². The van der Waals surface area contributed by atoms with Crippen LogP contribution in [0.1, 0.15) is 53.6 Å². The van der Waals surface area contributed by atoms with Gasteiger partial charge in [-0.1, -0.05) is 5.16 Å². The minimum absolute atomic E-state index is 0.0727. The van der Waals surface area contributed by atoms with E-state index in [2.05, 4.69) is 15.1 Å². The Labute approximate surface area is 188 Å². The molecule has 168 valence electrons. The molecular weight excluding hydrogens is 404 g/mol. The third kappa shape index (κ3) is 4.22. The number of anilines is 1. The minimum atomic E-state index is -0.0727. The van der Waals surface area contributed by atoms with Crippen molar-refractivity contribution in [2.45, 2.75) is 52.5 Å². The number of hydrogen-bond acceptors (Lipinski definition) is 7. The number of carbonyl (C=O) groups is 1. The van der Waals surface area contributed by atoms with Crippen LogP contribution in [0.15, 0.2) is 29.2 Å². The molecule has 8 heteroatoms. The predicted octanol–water partition coefficient (Wildman–Crippen LogP) is 3.81. The average molecular weight is 435 g/mol. The van der Waals surface area contributed by atoms with Crippen LogP contribution in [0.5, 0.6) is 0 Å². The van der Waals surface area contributed by atoms with Crippen molar-refractivity contribution in [2.24, 2.45) is 0 Å². The van der Waals surface area contributed by atoms with Crippen molar-refractivity contribution in [1.82, 2.24) is 25.0 Å². The second-order valence-electron chi connectivity index (χ2n) is 8.60. The molecule has 0 saturated carbocycles. The molecule has 1 fully saturated rings. The molecule has 1 atom stereocenters. The van der Waals surface area contributed by atoms with E-state index in [-0.39, 0.29) is 11.9 Å². The van der Waals surface area contributed by atoms with Gasteiger partial charge in [-0.15, -0.1) is 0 Å². The van der Waals surface area contributed by atoms with Crippen molar-refractivity contribution in [3.63, 3.8) is 0 Å². The fraction of sp³-hybridized carbons (Fsp3) is 0.458. The quantitative estimate of drug-likeness (QED) is 0.583. The normalized spacial score (nSPS) is 15.9. The van der Waals surface area contributed by atoms with E-state index in [1.807, 2.05) is 63.1 Å². The zero-order valence-corrected chi connectivity index (χ0v) is 19.4. The number of aromatic nitrogens is 4. The highest BCUT2D eigenvalue weighted by Crippen LogP contribution is 2.38. The molecule has 3 aromatic heterocycles. The molecule has 0 radical (unpaired) electrons. The Morgan fingerprint density at radius 3 is 2.72 bits per heavy atom. The summed E-state index contributed by atoms with van der Waals surface area (Å²) in [5, 5.41) is 4.01. The first-order chi connectivity index (χ1) is 15.4. The van der Waals surface area contributed by atoms with Crippen LogP contribution >= 0.6 is 0 Å². The molecule has 1 aliphatic heterocycles. The lowest BCUT2D eigenvalue weighted by Gasteiger charge is -2.27. The number of hydrogen-bond donors (Lipinski definition) is 0. The molecule has 3 aromatic rings. The third-order valence-corrected chi connectivity index (χ3v) is 6.17. The first kappa shape index (κ1) is 21.9. The largest absolute Gasteiger partial charge is 0.361 e. The summed E-state index contributed by atoms with van der Waals surface area (Å²) in [5.41, 5.74) is 5.86. The monoisotopic (exact) mass is 434 g/mol. The van der Waals surface area contributed by atoms with Gasteiger partial charge in [-0.25, -0.2) is 9.97 Å². The zero-order valence-electron chi connectivity index (χ0n) is 19.4. The van der Waals surface area contributed by atoms with E-state index in [4.69, 9.17) is 9.51 Å². The summed E-state index contributed by atoms with van der Waals surface area (Å²) in [5.74, 6) is 1.57. The maximum Gasteiger partial charge on any atom is 0.225 e. The van der Waals surface area contributed by atoms with Crippen LogP contribution in [0.4, 0.5) is 5.95 Å². The van der Waals surface area contributed by atoms with Gasteiger partial charge in [-0.05, 0) is 57.2 Å². The number of likely N-dealkylation sites (tertiary alicyclic amines) is 1. The summed E-state index contributed by atoms with van der Waals surface area (Å²) < 4.78 is 5.25. The van der Waals surface area contributed by atoms with E-state index < -0.39 is 0 Å². The lowest BCUT2D eigenvalue weighted by atomic mass is 9.97. The molecule has 32 heavy (non-hydrogen) atoms. The number of pyridine rings is 1. The van der Waals surface area contributed by atoms with Crippen LogP contribution in [-0.4, -0.2) is 51.6 Å². The summed E-state index contributed by atoms with van der Waals surface area (Å²) in [7, 11) is 3.86. The van der Waals surface area contributed by atoms with E-state index in [0.29, 0.717) is 18.8 Å². The lowest BCUT2D eigenvalue weighted by Crippen LogP contribution is -2.32. The van der Waals surface area contributed by atoms with E-state index in [0.717, 1.165) is 58.8 Å². The predicted molar refractivity (Wildman–Crippen MR) is 122 cm³/mol. The standard InChI is InChI=1S/C24H30N6O2/c1-15-13-25-11-10-18(15)20-14-26-24(29(4)5)27-23(20)21-7-6-12-30(21)22(31)9-8-19-16(2)28-32-17(19)3/h10-11,13-14,21H,6-9,12H2,1-5H3/t21-/m0/s1. The summed E-state index contributed by atoms with van der Waals surface area (Å²) in [6, 6.07) is 1.92. The van der Waals surface area contributed by atoms with Crippen molar-refractivity contribution in [3.05, 3.63) is 52.9 Å². The fourth-order valence-electron chi connectivity index (χ4n) is 4.42. The van der Waals surface area contributed by atoms with Crippen LogP contribution in [0.3, 0.4) is 0 Å². The highest BCUT2D eigenvalue weighted by Gasteiger charge is 2.33. The van der Waals surface area contributed by atoms with Crippen molar-refractivity contribution < 1.29 is 9.32 Å². The molecule has 0 spiro atoms. The van der Waals surface area contributed by atoms with Gasteiger partial charge in [0.2, 0.25) is 11.9 Å². The van der Waals surface area contributed by atoms with Gasteiger partial charge in [0.1, 0.15) is 5.76 Å². The first-order valence-corrected chi connectivity index (χ1v) is 11.0. The highest BCUT2D eigenvalue weighted by molar-refractivity contribution is 5.78. The number of carbonyl (C=O) groups excluding carboxylic acids is 1. The van der Waals surface area contributed by atoms with Crippen molar-refractivity contribution >= 4 is 11.9 Å². The molecule has 0 aromatic carbocycles. The molecule has 0 aliphatic carbocycles. The smallest absolute Gasteiger partial charge is 0.225 e. The fourth-order valence-corrected chi connectivity index (χ4v) is 4.42. The molecule has 1 amide bonds. The Kier molecular flexibility index (Phi) is 6.21. The molecule has 8 nitrogen and oxygen atoms in total. The van der Waals surface area contributed by atoms with Crippen LogP contribution < -0.4 is 4.90 Å². The second-order valence-corrected chi connectivity index (χ2v) is 8.60. The number of nitrogens with zero attached hydrogens (tertiary/aromatic N) is 6. The summed E-state index contributed by atoms with van der Waals surface area (Å²) in [4.78, 5) is 30.9. The van der Waals surface area contributed by atoms with Crippen LogP contribution in [-0.2, 0) is 11.2 Å². The van der Waals surface area contributed by atoms with Crippen molar-refractivity contribution in [1.29, 1.82) is 0 Å². The van der Waals surface area contributed by atoms with E-state index in [1.54, 1.807) is 6.20 Å². The van der Waals surface area contributed by atoms with Gasteiger partial charge in [0, 0.05) is 56.8 Å². The van der Waals surface area contributed by atoms with Gasteiger partial charge in [0.25, 0.3) is 0 Å². The zero-order chi connectivity index (χ0) is 22.8. The average Bonchev–Trinajstić information content (AvgIpc) is 3.39. The molecular formula is C24H30N6O2. The Morgan fingerprint density at radius 2 is 2.03 bits per heavy atom. The van der Waals surface area contributed by atoms with Crippen molar-refractivity contribution in [2.75, 3.05) is 25.5 Å². The maximum absolute atomic E-state index is 13.3. The molecule has 1 aliphatic rings. The van der Waals surface area contributed by atoms with Crippen LogP contribution in [0.25, 0.3) is 11.1 Å². The Bertz CT molecular complexity index is 1100. The van der Waals surface area contributed by atoms with Gasteiger partial charge in [0.05, 0.1) is 17.4 Å². The van der Waals surface area contributed by atoms with Gasteiger partial charge in [-0.3, -0.25) is 9.78 Å². The molecule has 4 heterocycles. The van der Waals surface area contributed by atoms with E-state index in [9.17, 15) is 4.79 Å². The Balaban J connectivity index is 1.66. The molecule has 0 N–H and O–H groups in total. The second kappa shape index (κ2) is 9.06.